The van der Waals surface area contributed by atoms with Gasteiger partial charge in [-0.2, -0.15) is 0 Å². The van der Waals surface area contributed by atoms with Crippen LogP contribution in [0.15, 0.2) is 12.4 Å². The van der Waals surface area contributed by atoms with E-state index >= 15 is 0 Å². The SMILES string of the molecule is C=C(NC)N1CCN(C)CC1.CCCC.[HH]. The van der Waals surface area contributed by atoms with Gasteiger partial charge in [-0.05, 0) is 7.05 Å². The Balaban J connectivity index is 0. The number of piperazine rings is 1. The lowest BCUT2D eigenvalue weighted by Crippen LogP contribution is -2.45. The van der Waals surface area contributed by atoms with E-state index in [1.54, 1.807) is 0 Å². The first-order chi connectivity index (χ1) is 7.15. The maximum Gasteiger partial charge on any atom is 0.0937 e. The maximum absolute atomic E-state index is 3.92. The molecule has 1 rings (SSSR count). The Morgan fingerprint density at radius 2 is 1.67 bits per heavy atom. The summed E-state index contributed by atoms with van der Waals surface area (Å²) in [6.45, 7) is 12.7. The van der Waals surface area contributed by atoms with E-state index in [1.165, 1.54) is 12.8 Å². The average Bonchev–Trinajstić information content (AvgIpc) is 2.29. The van der Waals surface area contributed by atoms with Gasteiger partial charge in [0, 0.05) is 34.7 Å². The van der Waals surface area contributed by atoms with Gasteiger partial charge in [-0.15, -0.1) is 0 Å². The molecule has 1 aliphatic rings. The molecule has 0 aromatic carbocycles. The Morgan fingerprint density at radius 3 is 2.00 bits per heavy atom. The summed E-state index contributed by atoms with van der Waals surface area (Å²) in [6, 6.07) is 0. The van der Waals surface area contributed by atoms with E-state index < -0.39 is 0 Å². The van der Waals surface area contributed by atoms with Crippen molar-refractivity contribution in [3.63, 3.8) is 0 Å². The largest absolute Gasteiger partial charge is 0.375 e. The third-order valence-electron chi connectivity index (χ3n) is 2.67. The van der Waals surface area contributed by atoms with Crippen molar-refractivity contribution >= 4 is 0 Å². The summed E-state index contributed by atoms with van der Waals surface area (Å²) in [4.78, 5) is 4.61. The molecule has 0 aliphatic carbocycles. The zero-order valence-electron chi connectivity index (χ0n) is 10.8. The number of rotatable bonds is 3. The van der Waals surface area contributed by atoms with Gasteiger partial charge in [-0.25, -0.2) is 0 Å². The molecule has 0 amide bonds. The molecule has 1 saturated heterocycles. The van der Waals surface area contributed by atoms with E-state index in [0.29, 0.717) is 0 Å². The molecule has 0 aromatic heterocycles. The second kappa shape index (κ2) is 8.60. The Bertz CT molecular complexity index is 164. The van der Waals surface area contributed by atoms with Crippen LogP contribution in [-0.2, 0) is 0 Å². The van der Waals surface area contributed by atoms with Crippen LogP contribution < -0.4 is 5.32 Å². The average molecular weight is 215 g/mol. The van der Waals surface area contributed by atoms with Crippen LogP contribution in [0.5, 0.6) is 0 Å². The molecule has 1 heterocycles. The summed E-state index contributed by atoms with van der Waals surface area (Å²) >= 11 is 0. The number of nitrogens with zero attached hydrogens (tertiary/aromatic N) is 2. The van der Waals surface area contributed by atoms with Crippen LogP contribution in [-0.4, -0.2) is 50.1 Å². The Morgan fingerprint density at radius 1 is 1.20 bits per heavy atom. The van der Waals surface area contributed by atoms with E-state index in [2.05, 4.69) is 42.6 Å². The number of hydrogen-bond donors (Lipinski definition) is 1. The number of likely N-dealkylation sites (N-methyl/N-ethyl adjacent to an activating group) is 1. The molecule has 15 heavy (non-hydrogen) atoms. The Hall–Kier alpha value is -0.700. The molecule has 0 bridgehead atoms. The van der Waals surface area contributed by atoms with Gasteiger partial charge >= 0.3 is 0 Å². The second-order valence-corrected chi connectivity index (χ2v) is 3.99. The monoisotopic (exact) mass is 215 g/mol. The summed E-state index contributed by atoms with van der Waals surface area (Å²) < 4.78 is 0. The fourth-order valence-corrected chi connectivity index (χ4v) is 1.23. The normalized spacial score (nSPS) is 16.7. The van der Waals surface area contributed by atoms with Gasteiger partial charge in [0.05, 0.1) is 5.82 Å². The predicted molar refractivity (Wildman–Crippen MR) is 70.0 cm³/mol. The highest BCUT2D eigenvalue weighted by Gasteiger charge is 2.13. The summed E-state index contributed by atoms with van der Waals surface area (Å²) in [7, 11) is 4.07. The maximum atomic E-state index is 3.92. The third kappa shape index (κ3) is 6.39. The van der Waals surface area contributed by atoms with E-state index in [1.807, 2.05) is 7.05 Å². The molecule has 1 fully saturated rings. The van der Waals surface area contributed by atoms with Crippen LogP contribution in [0, 0.1) is 0 Å². The highest BCUT2D eigenvalue weighted by atomic mass is 15.3. The smallest absolute Gasteiger partial charge is 0.0937 e. The van der Waals surface area contributed by atoms with E-state index in [9.17, 15) is 0 Å². The topological polar surface area (TPSA) is 18.5 Å². The molecule has 0 aromatic rings. The molecule has 0 unspecified atom stereocenters. The highest BCUT2D eigenvalue weighted by Crippen LogP contribution is 2.02. The van der Waals surface area contributed by atoms with Crippen molar-refractivity contribution in [1.29, 1.82) is 0 Å². The van der Waals surface area contributed by atoms with Gasteiger partial charge in [0.1, 0.15) is 0 Å². The summed E-state index contributed by atoms with van der Waals surface area (Å²) in [5.74, 6) is 1.04. The molecule has 92 valence electrons. The lowest BCUT2D eigenvalue weighted by Gasteiger charge is -2.34. The van der Waals surface area contributed by atoms with E-state index in [0.717, 1.165) is 32.0 Å². The van der Waals surface area contributed by atoms with Crippen molar-refractivity contribution < 1.29 is 1.43 Å². The van der Waals surface area contributed by atoms with E-state index in [4.69, 9.17) is 0 Å². The first-order valence-electron chi connectivity index (χ1n) is 5.95. The standard InChI is InChI=1S/C8H17N3.C4H10.H2/c1-8(9-2)11-6-4-10(3)5-7-11;1-3-4-2;/h9H,1,4-7H2,2-3H3;3-4H2,1-2H3;1H. The number of hydrogen-bond acceptors (Lipinski definition) is 3. The van der Waals surface area contributed by atoms with Crippen molar-refractivity contribution in [1.82, 2.24) is 15.1 Å². The molecular formula is C12H29N3. The lowest BCUT2D eigenvalue weighted by atomic mass is 10.3. The predicted octanol–water partition coefficient (Wildman–Crippen LogP) is 1.98. The minimum absolute atomic E-state index is 0. The van der Waals surface area contributed by atoms with Crippen LogP contribution in [0.3, 0.4) is 0 Å². The van der Waals surface area contributed by atoms with Crippen molar-refractivity contribution in [2.75, 3.05) is 40.3 Å². The minimum atomic E-state index is 0. The molecule has 0 atom stereocenters. The molecular weight excluding hydrogens is 186 g/mol. The lowest BCUT2D eigenvalue weighted by molar-refractivity contribution is 0.180. The molecule has 1 aliphatic heterocycles. The zero-order chi connectivity index (χ0) is 11.7. The van der Waals surface area contributed by atoms with Crippen molar-refractivity contribution in [2.45, 2.75) is 26.7 Å². The summed E-state index contributed by atoms with van der Waals surface area (Å²) in [5, 5.41) is 3.06. The molecule has 0 radical (unpaired) electrons. The third-order valence-corrected chi connectivity index (χ3v) is 2.67. The van der Waals surface area contributed by atoms with Crippen LogP contribution in [0.1, 0.15) is 28.1 Å². The minimum Gasteiger partial charge on any atom is -0.375 e. The van der Waals surface area contributed by atoms with Gasteiger partial charge in [0.2, 0.25) is 0 Å². The molecule has 1 N–H and O–H groups in total. The molecule has 3 nitrogen and oxygen atoms in total. The van der Waals surface area contributed by atoms with Crippen LogP contribution in [0.2, 0.25) is 0 Å². The van der Waals surface area contributed by atoms with Gasteiger partial charge < -0.3 is 15.1 Å². The highest BCUT2D eigenvalue weighted by molar-refractivity contribution is 4.91. The van der Waals surface area contributed by atoms with Crippen LogP contribution >= 0.6 is 0 Å². The van der Waals surface area contributed by atoms with Gasteiger partial charge in [-0.3, -0.25) is 0 Å². The summed E-state index contributed by atoms with van der Waals surface area (Å²) in [5.41, 5.74) is 0. The van der Waals surface area contributed by atoms with Crippen molar-refractivity contribution in [2.24, 2.45) is 0 Å². The fraction of sp³-hybridized carbons (Fsp3) is 0.833. The Kier molecular flexibility index (Phi) is 8.19. The van der Waals surface area contributed by atoms with Gasteiger partial charge in [0.25, 0.3) is 0 Å². The van der Waals surface area contributed by atoms with Gasteiger partial charge in [-0.1, -0.05) is 33.3 Å². The van der Waals surface area contributed by atoms with E-state index in [-0.39, 0.29) is 1.43 Å². The zero-order valence-corrected chi connectivity index (χ0v) is 10.8. The molecule has 0 saturated carbocycles. The molecule has 3 heteroatoms. The van der Waals surface area contributed by atoms with Crippen molar-refractivity contribution in [3.05, 3.63) is 12.4 Å². The van der Waals surface area contributed by atoms with Gasteiger partial charge in [0.15, 0.2) is 0 Å². The quantitative estimate of drug-likeness (QED) is 0.776. The Labute approximate surface area is 96.6 Å². The van der Waals surface area contributed by atoms with Crippen LogP contribution in [0.25, 0.3) is 0 Å². The molecule has 0 spiro atoms. The number of nitrogens with one attached hydrogen (secondary N) is 1. The van der Waals surface area contributed by atoms with Crippen LogP contribution in [0.4, 0.5) is 0 Å². The summed E-state index contributed by atoms with van der Waals surface area (Å²) in [6.07, 6.45) is 2.64. The fourth-order valence-electron chi connectivity index (χ4n) is 1.23. The first kappa shape index (κ1) is 14.3. The second-order valence-electron chi connectivity index (χ2n) is 3.99. The number of unbranched alkanes of at least 4 members (excludes halogenated alkanes) is 1. The first-order valence-corrected chi connectivity index (χ1v) is 5.95. The van der Waals surface area contributed by atoms with Crippen molar-refractivity contribution in [3.8, 4) is 0 Å².